The molecular weight excluding hydrogens is 1970 g/mol. The summed E-state index contributed by atoms with van der Waals surface area (Å²) in [7, 11) is 6.69. The normalized spacial score (nSPS) is 32.7. The summed E-state index contributed by atoms with van der Waals surface area (Å²) >= 11 is 4.24. The Kier molecular flexibility index (Phi) is 32.7. The van der Waals surface area contributed by atoms with E-state index in [0.717, 1.165) is 13.2 Å². The maximum Gasteiger partial charge on any atom is 0.312 e. The number of hydrazone groups is 2. The van der Waals surface area contributed by atoms with E-state index in [1.54, 1.807) is 89.7 Å². The Bertz CT molecular complexity index is 5020. The van der Waals surface area contributed by atoms with E-state index >= 15 is 0 Å². The minimum atomic E-state index is -2.09. The maximum atomic E-state index is 14.7. The Morgan fingerprint density at radius 2 is 0.928 bits per heavy atom. The second kappa shape index (κ2) is 40.6. The topological polar surface area (TPSA) is 473 Å². The fourth-order valence-electron chi connectivity index (χ4n) is 17.9. The molecule has 4 aromatic rings. The van der Waals surface area contributed by atoms with Gasteiger partial charge < -0.3 is 119 Å². The molecule has 12 N–H and O–H groups in total. The zero-order chi connectivity index (χ0) is 91.6. The molecule has 18 unspecified atom stereocenters. The summed E-state index contributed by atoms with van der Waals surface area (Å²) in [6.45, 7) is 28.0. The highest BCUT2D eigenvalue weighted by atomic mass is 128. The summed E-state index contributed by atoms with van der Waals surface area (Å²) in [6, 6.07) is 0. The third-order valence-electron chi connectivity index (χ3n) is 25.6. The van der Waals surface area contributed by atoms with Crippen LogP contribution in [0.4, 0.5) is 11.4 Å². The number of anilines is 2. The molecular formula is C88H117I3N8O26. The van der Waals surface area contributed by atoms with E-state index in [0.29, 0.717) is 63.4 Å². The number of carbonyl (C=O) groups excluding carboxylic acids is 6. The highest BCUT2D eigenvalue weighted by Gasteiger charge is 2.61. The van der Waals surface area contributed by atoms with Crippen LogP contribution in [-0.4, -0.2) is 286 Å². The molecule has 0 spiro atoms. The lowest BCUT2D eigenvalue weighted by atomic mass is 9.65. The van der Waals surface area contributed by atoms with Gasteiger partial charge in [-0.2, -0.15) is 10.2 Å². The van der Waals surface area contributed by atoms with Gasteiger partial charge in [0.15, 0.2) is 11.5 Å². The van der Waals surface area contributed by atoms with E-state index in [9.17, 15) is 84.9 Å². The van der Waals surface area contributed by atoms with Gasteiger partial charge in [-0.3, -0.25) is 38.8 Å². The second-order valence-corrected chi connectivity index (χ2v) is 34.2. The number of hydrogen-bond donors (Lipinski definition) is 12. The van der Waals surface area contributed by atoms with Crippen LogP contribution < -0.4 is 25.2 Å². The number of allylic oxidation sites excluding steroid dienone is 4. The molecule has 9 heterocycles. The molecule has 18 atom stereocenters. The number of fused-ring (bicyclic) bond motifs is 6. The largest absolute Gasteiger partial charge is 0.850 e. The fourth-order valence-corrected chi connectivity index (χ4v) is 17.9. The van der Waals surface area contributed by atoms with Crippen LogP contribution in [-0.2, 0) is 63.2 Å². The van der Waals surface area contributed by atoms with Gasteiger partial charge in [-0.25, -0.2) is 0 Å². The number of aromatic hydroxyl groups is 6. The minimum absolute atomic E-state index is 0. The number of piperazine rings is 2. The number of nitrogens with one attached hydrogen (secondary N) is 2. The van der Waals surface area contributed by atoms with Crippen molar-refractivity contribution < 1.29 is 132 Å². The lowest BCUT2D eigenvalue weighted by molar-refractivity contribution is -0.918. The smallest absolute Gasteiger partial charge is 0.312 e. The SMILES string of the molecule is C1CO1.COC1/C=C/OC2(C)Oc3c4c(O)c5c(O)c(c(/C=N/N6CCN(C)CC6)c(O)c5c3C2=O)NC(=O)/C(C)=C\C=C\C(C)C(O)C(C)C(O)C(C)C(OC(C)=O)C41C.COC1/C=C/OC2(C)Oc3c4c(O)c5c(O)c(c(/C=N/N6CC[N+](C)(CC[O-])CC6)c(O)c5c3C2=O)NC(=O)/C(C)=C\C=C\C(C)C(O)C(C)C(O)C(C)C(OC(C)=O)C41C.I.II. The number of nitrogens with zero attached hydrogens (tertiary/aromatic N) is 6. The van der Waals surface area contributed by atoms with Crippen molar-refractivity contribution in [3.63, 3.8) is 0 Å². The quantitative estimate of drug-likeness (QED) is 0.0134. The summed E-state index contributed by atoms with van der Waals surface area (Å²) in [5.74, 6) is -18.3. The number of Topliss-reactive ketones (excluding diaryl/α,β-unsaturated/α-hetero) is 2. The van der Waals surface area contributed by atoms with E-state index in [4.69, 9.17) is 37.9 Å². The first-order valence-corrected chi connectivity index (χ1v) is 47.4. The molecule has 0 saturated carbocycles. The first kappa shape index (κ1) is 101. The van der Waals surface area contributed by atoms with Crippen molar-refractivity contribution in [1.82, 2.24) is 14.9 Å². The number of benzene rings is 4. The minimum Gasteiger partial charge on any atom is -0.850 e. The average molecular weight is 2080 g/mol. The Morgan fingerprint density at radius 3 is 1.26 bits per heavy atom. The molecule has 125 heavy (non-hydrogen) atoms. The van der Waals surface area contributed by atoms with Gasteiger partial charge in [0.25, 0.3) is 23.4 Å². The summed E-state index contributed by atoms with van der Waals surface area (Å²) in [6.07, 6.45) is 7.11. The number of ketones is 2. The van der Waals surface area contributed by atoms with Crippen LogP contribution in [0.3, 0.4) is 0 Å². The Labute approximate surface area is 766 Å². The Hall–Kier alpha value is -8.21. The highest BCUT2D eigenvalue weighted by Crippen LogP contribution is 2.63. The van der Waals surface area contributed by atoms with Crippen LogP contribution in [0.25, 0.3) is 21.5 Å². The molecule has 2 amide bonds. The number of quaternary nitrogens is 1. The predicted octanol–water partition coefficient (Wildman–Crippen LogP) is 8.61. The molecule has 13 rings (SSSR count). The van der Waals surface area contributed by atoms with Crippen molar-refractivity contribution in [3.8, 4) is 46.0 Å². The van der Waals surface area contributed by atoms with Gasteiger partial charge in [-0.05, 0) is 46.9 Å². The monoisotopic (exact) mass is 2080 g/mol. The number of carbonyl (C=O) groups is 6. The van der Waals surface area contributed by atoms with Crippen LogP contribution in [0, 0.1) is 35.5 Å². The van der Waals surface area contributed by atoms with Crippen molar-refractivity contribution in [2.45, 2.75) is 168 Å². The molecule has 9 aliphatic rings. The van der Waals surface area contributed by atoms with Gasteiger partial charge in [0.2, 0.25) is 0 Å². The molecule has 3 saturated heterocycles. The van der Waals surface area contributed by atoms with Crippen LogP contribution in [0.5, 0.6) is 46.0 Å². The summed E-state index contributed by atoms with van der Waals surface area (Å²) < 4.78 is 53.8. The molecule has 4 aromatic carbocycles. The lowest BCUT2D eigenvalue weighted by Gasteiger charge is -2.46. The van der Waals surface area contributed by atoms with E-state index in [-0.39, 0.29) is 109 Å². The maximum absolute atomic E-state index is 14.7. The third-order valence-corrected chi connectivity index (χ3v) is 25.6. The number of halogens is 3. The van der Waals surface area contributed by atoms with E-state index in [2.05, 4.69) is 67.7 Å². The molecule has 3 fully saturated rings. The number of aliphatic hydroxyl groups excluding tert-OH is 4. The zero-order valence-electron chi connectivity index (χ0n) is 73.3. The lowest BCUT2D eigenvalue weighted by Crippen LogP contribution is -2.57. The standard InChI is InChI=1S/C44H58N4O13.C42H54N4O12.C2H4O.I2.HI/c1-22-11-10-12-23(2)42(57)46-33-27(21-45-47-14-16-48(8,17-15-47)18-19-49)36(53)29-30(38(33)55)37(54)32-39-31(29)40(56)44(7,61-39)59-20-13-28(58-9)43(32,6)41(60-26(5)50)25(4)35(52)24(3)34(22)51;1-20-11-10-12-21(2)40(54)44-31-25(19-43-46-16-14-45(8)15-17-46)34(50)27-28(36(31)52)35(51)30-37-29(27)38(53)42(7,58-37)56-18-13-26(55-9)41(30,6)39(57-24(5)47)23(4)33(49)22(3)32(20)48;1-2-3-1;1-2;/h10-13,20-22,24-25,28,34-35,41,51-55H,14-19H2,1-9H3,(H,46,57);10-13,18-20,22-23,26,32-33,39,48-52H,14-17H2,1-9H3,(H,44,54);1-2H2;;1H/b11-10+,20-13+,23-12-,45-21+;11-10+,18-13+,21-12-,43-19+;;;. The molecule has 0 aromatic heterocycles. The van der Waals surface area contributed by atoms with Crippen LogP contribution in [0.15, 0.2) is 82.5 Å². The summed E-state index contributed by atoms with van der Waals surface area (Å²) in [5, 5.41) is 150. The molecule has 0 aliphatic carbocycles. The van der Waals surface area contributed by atoms with E-state index in [1.165, 1.54) is 105 Å². The number of hydrogen-bond acceptors (Lipinski definition) is 31. The van der Waals surface area contributed by atoms with Crippen molar-refractivity contribution in [3.05, 3.63) is 106 Å². The summed E-state index contributed by atoms with van der Waals surface area (Å²) in [5.41, 5.74) is -5.35. The molecule has 686 valence electrons. The van der Waals surface area contributed by atoms with E-state index < -0.39 is 187 Å². The first-order chi connectivity index (χ1) is 58.4. The molecule has 9 aliphatic heterocycles. The zero-order valence-corrected chi connectivity index (χ0v) is 80.0. The van der Waals surface area contributed by atoms with Gasteiger partial charge in [0.1, 0.15) is 46.7 Å². The Morgan fingerprint density at radius 1 is 0.568 bits per heavy atom. The number of methoxy groups -OCH3 is 2. The number of phenolic OH excluding ortho intramolecular Hbond substituents is 6. The number of amides is 2. The van der Waals surface area contributed by atoms with Crippen molar-refractivity contribution >= 4 is 142 Å². The number of likely N-dealkylation sites (N-methyl/N-ethyl adjacent to an activating group) is 2. The highest BCUT2D eigenvalue weighted by molar-refractivity contribution is 15.0. The molecule has 10 bridgehead atoms. The van der Waals surface area contributed by atoms with Gasteiger partial charge in [0.05, 0.1) is 181 Å². The molecule has 37 heteroatoms. The van der Waals surface area contributed by atoms with Crippen molar-refractivity contribution in [2.75, 3.05) is 118 Å². The molecule has 34 nitrogen and oxygen atoms in total. The number of rotatable bonds is 10. The number of phenols is 6. The fraction of sp³-hybridized carbons (Fsp3) is 0.545. The van der Waals surface area contributed by atoms with Crippen molar-refractivity contribution in [2.24, 2.45) is 45.7 Å². The number of epoxide rings is 1. The van der Waals surface area contributed by atoms with Crippen LogP contribution in [0.2, 0.25) is 0 Å². The second-order valence-electron chi connectivity index (χ2n) is 34.2. The van der Waals surface area contributed by atoms with Gasteiger partial charge in [0, 0.05) is 163 Å². The number of esters is 2. The van der Waals surface area contributed by atoms with E-state index in [1.807, 2.05) is 14.1 Å². The van der Waals surface area contributed by atoms with Gasteiger partial charge in [-0.15, -0.1) is 24.0 Å². The number of aliphatic hydroxyl groups is 4. The first-order valence-electron chi connectivity index (χ1n) is 41.1. The average Bonchev–Trinajstić information content (AvgIpc) is 1.60. The summed E-state index contributed by atoms with van der Waals surface area (Å²) in [4.78, 5) is 85.3. The van der Waals surface area contributed by atoms with Gasteiger partial charge >= 0.3 is 23.5 Å². The predicted molar refractivity (Wildman–Crippen MR) is 490 cm³/mol. The molecule has 0 radical (unpaired) electrons. The van der Waals surface area contributed by atoms with Crippen LogP contribution in [0.1, 0.15) is 140 Å². The number of ether oxygens (including phenoxy) is 9. The third kappa shape index (κ3) is 19.6. The van der Waals surface area contributed by atoms with Crippen LogP contribution >= 0.6 is 61.2 Å². The van der Waals surface area contributed by atoms with Crippen molar-refractivity contribution in [1.29, 1.82) is 0 Å². The van der Waals surface area contributed by atoms with Gasteiger partial charge in [-0.1, -0.05) is 84.6 Å². The Balaban J connectivity index is 0.000000267.